The predicted octanol–water partition coefficient (Wildman–Crippen LogP) is 2.82. The lowest BCUT2D eigenvalue weighted by atomic mass is 10.1. The van der Waals surface area contributed by atoms with E-state index in [9.17, 15) is 9.59 Å². The summed E-state index contributed by atoms with van der Waals surface area (Å²) < 4.78 is 0. The number of benzene rings is 2. The Labute approximate surface area is 141 Å². The number of hydrogen-bond acceptors (Lipinski definition) is 5. The molecule has 118 valence electrons. The molecule has 3 aromatic rings. The number of thioether (sulfide) groups is 1. The fourth-order valence-electron chi connectivity index (χ4n) is 2.51. The summed E-state index contributed by atoms with van der Waals surface area (Å²) in [6, 6.07) is 16.5. The second-order valence-corrected chi connectivity index (χ2v) is 6.10. The molecule has 4 rings (SSSR count). The predicted molar refractivity (Wildman–Crippen MR) is 89.5 cm³/mol. The van der Waals surface area contributed by atoms with E-state index in [1.165, 1.54) is 16.7 Å². The maximum Gasteiger partial charge on any atom is 0.262 e. The highest BCUT2D eigenvalue weighted by atomic mass is 32.2. The smallest absolute Gasteiger partial charge is 0.262 e. The van der Waals surface area contributed by atoms with Gasteiger partial charge < -0.3 is 0 Å². The van der Waals surface area contributed by atoms with E-state index < -0.39 is 0 Å². The number of H-pyrrole nitrogens is 1. The molecule has 0 unspecified atom stereocenters. The van der Waals surface area contributed by atoms with Gasteiger partial charge in [-0.15, -0.1) is 5.10 Å². The van der Waals surface area contributed by atoms with Gasteiger partial charge in [0.25, 0.3) is 11.8 Å². The Hall–Kier alpha value is -2.93. The Morgan fingerprint density at radius 1 is 0.917 bits per heavy atom. The molecule has 0 bridgehead atoms. The molecule has 6 nitrogen and oxygen atoms in total. The van der Waals surface area contributed by atoms with Crippen molar-refractivity contribution in [2.24, 2.45) is 0 Å². The number of carbonyl (C=O) groups is 2. The summed E-state index contributed by atoms with van der Waals surface area (Å²) in [5.41, 5.74) is 1.82. The molecule has 2 amide bonds. The van der Waals surface area contributed by atoms with Gasteiger partial charge in [0, 0.05) is 5.56 Å². The normalized spacial score (nSPS) is 13.4. The number of nitrogens with zero attached hydrogens (tertiary/aromatic N) is 3. The minimum atomic E-state index is -0.276. The van der Waals surface area contributed by atoms with Gasteiger partial charge in [0.2, 0.25) is 5.16 Å². The Bertz CT molecular complexity index is 888. The standard InChI is InChI=1S/C17H12N4O2S/c22-15-12-8-4-5-9-13(12)16(23)21(15)10-24-17-18-14(19-20-17)11-6-2-1-3-7-11/h1-9H,10H2,(H,18,19,20). The molecule has 24 heavy (non-hydrogen) atoms. The van der Waals surface area contributed by atoms with Gasteiger partial charge in [-0.1, -0.05) is 54.2 Å². The zero-order chi connectivity index (χ0) is 16.5. The van der Waals surface area contributed by atoms with Crippen LogP contribution in [0.15, 0.2) is 59.8 Å². The highest BCUT2D eigenvalue weighted by Gasteiger charge is 2.35. The van der Waals surface area contributed by atoms with E-state index in [4.69, 9.17) is 0 Å². The van der Waals surface area contributed by atoms with Crippen molar-refractivity contribution in [2.75, 3.05) is 5.88 Å². The highest BCUT2D eigenvalue weighted by molar-refractivity contribution is 7.99. The third kappa shape index (κ3) is 2.48. The third-order valence-corrected chi connectivity index (χ3v) is 4.54. The van der Waals surface area contributed by atoms with Crippen LogP contribution >= 0.6 is 11.8 Å². The number of nitrogens with one attached hydrogen (secondary N) is 1. The number of rotatable bonds is 4. The Kier molecular flexibility index (Phi) is 3.62. The largest absolute Gasteiger partial charge is 0.269 e. The summed E-state index contributed by atoms with van der Waals surface area (Å²) in [7, 11) is 0. The fourth-order valence-corrected chi connectivity index (χ4v) is 3.26. The third-order valence-electron chi connectivity index (χ3n) is 3.71. The van der Waals surface area contributed by atoms with E-state index in [0.29, 0.717) is 22.1 Å². The Morgan fingerprint density at radius 2 is 1.54 bits per heavy atom. The van der Waals surface area contributed by atoms with Crippen molar-refractivity contribution < 1.29 is 9.59 Å². The summed E-state index contributed by atoms with van der Waals surface area (Å²) in [5, 5.41) is 7.49. The molecule has 0 saturated carbocycles. The van der Waals surface area contributed by atoms with Crippen LogP contribution in [-0.4, -0.2) is 37.8 Å². The van der Waals surface area contributed by atoms with Crippen LogP contribution in [0.2, 0.25) is 0 Å². The lowest BCUT2D eigenvalue weighted by Crippen LogP contribution is -2.29. The van der Waals surface area contributed by atoms with E-state index in [1.54, 1.807) is 24.3 Å². The first-order valence-electron chi connectivity index (χ1n) is 7.30. The van der Waals surface area contributed by atoms with E-state index in [-0.39, 0.29) is 17.7 Å². The first-order valence-corrected chi connectivity index (χ1v) is 8.28. The van der Waals surface area contributed by atoms with Gasteiger partial charge in [-0.05, 0) is 12.1 Å². The molecule has 0 radical (unpaired) electrons. The molecule has 1 aliphatic rings. The summed E-state index contributed by atoms with van der Waals surface area (Å²) in [6.45, 7) is 0. The summed E-state index contributed by atoms with van der Waals surface area (Å²) >= 11 is 1.24. The van der Waals surface area contributed by atoms with Crippen molar-refractivity contribution in [1.82, 2.24) is 20.1 Å². The van der Waals surface area contributed by atoms with Crippen LogP contribution in [0, 0.1) is 0 Å². The van der Waals surface area contributed by atoms with Gasteiger partial charge in [-0.3, -0.25) is 19.6 Å². The zero-order valence-electron chi connectivity index (χ0n) is 12.5. The Morgan fingerprint density at radius 3 is 2.21 bits per heavy atom. The van der Waals surface area contributed by atoms with Crippen molar-refractivity contribution in [2.45, 2.75) is 5.16 Å². The number of aromatic nitrogens is 3. The summed E-state index contributed by atoms with van der Waals surface area (Å²) in [4.78, 5) is 30.2. The van der Waals surface area contributed by atoms with Gasteiger partial charge in [0.15, 0.2) is 5.82 Å². The zero-order valence-corrected chi connectivity index (χ0v) is 13.3. The highest BCUT2D eigenvalue weighted by Crippen LogP contribution is 2.26. The van der Waals surface area contributed by atoms with Crippen LogP contribution in [0.4, 0.5) is 0 Å². The number of carbonyl (C=O) groups excluding carboxylic acids is 2. The number of fused-ring (bicyclic) bond motifs is 1. The molecule has 1 aliphatic heterocycles. The van der Waals surface area contributed by atoms with Gasteiger partial charge in [-0.25, -0.2) is 4.98 Å². The molecule has 2 heterocycles. The number of hydrogen-bond donors (Lipinski definition) is 1. The number of aromatic amines is 1. The Balaban J connectivity index is 1.48. The topological polar surface area (TPSA) is 79.0 Å². The monoisotopic (exact) mass is 336 g/mol. The second kappa shape index (κ2) is 5.93. The molecule has 0 fully saturated rings. The van der Waals surface area contributed by atoms with Gasteiger partial charge in [0.1, 0.15) is 0 Å². The van der Waals surface area contributed by atoms with E-state index in [2.05, 4.69) is 15.2 Å². The molecular weight excluding hydrogens is 324 g/mol. The maximum absolute atomic E-state index is 12.3. The lowest BCUT2D eigenvalue weighted by molar-refractivity contribution is 0.0684. The van der Waals surface area contributed by atoms with Gasteiger partial charge >= 0.3 is 0 Å². The molecule has 1 N–H and O–H groups in total. The maximum atomic E-state index is 12.3. The fraction of sp³-hybridized carbons (Fsp3) is 0.0588. The molecule has 0 aliphatic carbocycles. The summed E-state index contributed by atoms with van der Waals surface area (Å²) in [5.74, 6) is 0.280. The average Bonchev–Trinajstić information content (AvgIpc) is 3.19. The molecule has 0 saturated heterocycles. The molecule has 1 aromatic heterocycles. The minimum Gasteiger partial charge on any atom is -0.269 e. The van der Waals surface area contributed by atoms with Crippen molar-refractivity contribution in [3.63, 3.8) is 0 Å². The van der Waals surface area contributed by atoms with E-state index in [0.717, 1.165) is 5.56 Å². The van der Waals surface area contributed by atoms with Crippen LogP contribution in [-0.2, 0) is 0 Å². The number of imide groups is 1. The van der Waals surface area contributed by atoms with Crippen LogP contribution in [0.3, 0.4) is 0 Å². The molecule has 0 atom stereocenters. The average molecular weight is 336 g/mol. The van der Waals surface area contributed by atoms with Gasteiger partial charge in [-0.2, -0.15) is 0 Å². The van der Waals surface area contributed by atoms with Crippen molar-refractivity contribution >= 4 is 23.6 Å². The van der Waals surface area contributed by atoms with Crippen molar-refractivity contribution in [3.8, 4) is 11.4 Å². The van der Waals surface area contributed by atoms with Crippen LogP contribution < -0.4 is 0 Å². The second-order valence-electron chi connectivity index (χ2n) is 5.19. The molecule has 2 aromatic carbocycles. The molecule has 0 spiro atoms. The number of amides is 2. The minimum absolute atomic E-state index is 0.179. The van der Waals surface area contributed by atoms with Crippen LogP contribution in [0.1, 0.15) is 20.7 Å². The first-order chi connectivity index (χ1) is 11.7. The van der Waals surface area contributed by atoms with Crippen LogP contribution in [0.5, 0.6) is 0 Å². The van der Waals surface area contributed by atoms with Gasteiger partial charge in [0.05, 0.1) is 17.0 Å². The van der Waals surface area contributed by atoms with E-state index >= 15 is 0 Å². The van der Waals surface area contributed by atoms with E-state index in [1.807, 2.05) is 30.3 Å². The SMILES string of the molecule is O=C1c2ccccc2C(=O)N1CSc1n[nH]c(-c2ccccc2)n1. The first kappa shape index (κ1) is 14.6. The summed E-state index contributed by atoms with van der Waals surface area (Å²) in [6.07, 6.45) is 0. The quantitative estimate of drug-likeness (QED) is 0.585. The van der Waals surface area contributed by atoms with Crippen molar-refractivity contribution in [3.05, 3.63) is 65.7 Å². The molecule has 7 heteroatoms. The van der Waals surface area contributed by atoms with Crippen LogP contribution in [0.25, 0.3) is 11.4 Å². The lowest BCUT2D eigenvalue weighted by Gasteiger charge is -2.11. The molecular formula is C17H12N4O2S. The van der Waals surface area contributed by atoms with Crippen molar-refractivity contribution in [1.29, 1.82) is 0 Å².